The number of imidazole rings is 1. The first-order valence-electron chi connectivity index (χ1n) is 6.64. The molecule has 3 aromatic rings. The second-order valence-corrected chi connectivity index (χ2v) is 5.58. The van der Waals surface area contributed by atoms with E-state index in [4.69, 9.17) is 5.73 Å². The van der Waals surface area contributed by atoms with Gasteiger partial charge in [-0.3, -0.25) is 0 Å². The zero-order valence-corrected chi connectivity index (χ0v) is 12.3. The molecule has 3 N–H and O–H groups in total. The number of H-pyrrole nitrogens is 1. The minimum absolute atomic E-state index is 0.151. The average molecular weight is 301 g/mol. The fourth-order valence-corrected chi connectivity index (χ4v) is 2.59. The second-order valence-electron chi connectivity index (χ2n) is 4.63. The molecule has 0 amide bonds. The van der Waals surface area contributed by atoms with Crippen molar-refractivity contribution in [2.75, 3.05) is 0 Å². The van der Waals surface area contributed by atoms with E-state index in [9.17, 15) is 0 Å². The maximum atomic E-state index is 5.93. The van der Waals surface area contributed by atoms with Gasteiger partial charge < -0.3 is 10.7 Å². The van der Waals surface area contributed by atoms with Crippen LogP contribution >= 0.6 is 11.8 Å². The summed E-state index contributed by atoms with van der Waals surface area (Å²) in [5.74, 6) is 0. The van der Waals surface area contributed by atoms with Gasteiger partial charge >= 0.3 is 0 Å². The molecule has 1 unspecified atom stereocenters. The molecule has 0 aliphatic rings. The predicted octanol–water partition coefficient (Wildman–Crippen LogP) is 1.57. The third-order valence-corrected chi connectivity index (χ3v) is 3.98. The van der Waals surface area contributed by atoms with Crippen LogP contribution < -0.4 is 5.73 Å². The van der Waals surface area contributed by atoms with Crippen molar-refractivity contribution in [3.63, 3.8) is 0 Å². The van der Waals surface area contributed by atoms with Crippen LogP contribution in [0.2, 0.25) is 0 Å². The van der Waals surface area contributed by atoms with Gasteiger partial charge in [0.1, 0.15) is 16.9 Å². The maximum absolute atomic E-state index is 5.93. The van der Waals surface area contributed by atoms with Crippen LogP contribution in [0.1, 0.15) is 18.9 Å². The highest BCUT2D eigenvalue weighted by atomic mass is 32.2. The molecule has 108 valence electrons. The Kier molecular flexibility index (Phi) is 4.07. The van der Waals surface area contributed by atoms with Gasteiger partial charge in [-0.25, -0.2) is 24.9 Å². The first kappa shape index (κ1) is 13.9. The third kappa shape index (κ3) is 3.17. The summed E-state index contributed by atoms with van der Waals surface area (Å²) < 4.78 is 0. The Balaban J connectivity index is 1.77. The minimum atomic E-state index is 0.151. The van der Waals surface area contributed by atoms with E-state index < -0.39 is 0 Å². The summed E-state index contributed by atoms with van der Waals surface area (Å²) in [5.41, 5.74) is 8.40. The van der Waals surface area contributed by atoms with Crippen LogP contribution in [-0.2, 0) is 6.42 Å². The van der Waals surface area contributed by atoms with Crippen molar-refractivity contribution in [3.05, 3.63) is 30.6 Å². The van der Waals surface area contributed by atoms with Crippen molar-refractivity contribution in [1.82, 2.24) is 29.9 Å². The molecule has 8 heteroatoms. The van der Waals surface area contributed by atoms with E-state index in [-0.39, 0.29) is 6.04 Å². The van der Waals surface area contributed by atoms with E-state index in [1.165, 1.54) is 18.1 Å². The topological polar surface area (TPSA) is 106 Å². The monoisotopic (exact) mass is 301 g/mol. The molecular formula is C13H15N7S. The third-order valence-electron chi connectivity index (χ3n) is 3.08. The fraction of sp³-hybridized carbons (Fsp3) is 0.308. The van der Waals surface area contributed by atoms with Crippen molar-refractivity contribution >= 4 is 22.9 Å². The van der Waals surface area contributed by atoms with E-state index in [2.05, 4.69) is 36.8 Å². The molecule has 3 rings (SSSR count). The summed E-state index contributed by atoms with van der Waals surface area (Å²) >= 11 is 1.38. The zero-order valence-electron chi connectivity index (χ0n) is 11.5. The van der Waals surface area contributed by atoms with Gasteiger partial charge in [0, 0.05) is 18.4 Å². The van der Waals surface area contributed by atoms with Crippen LogP contribution in [0.3, 0.4) is 0 Å². The number of fused-ring (bicyclic) bond motifs is 1. The summed E-state index contributed by atoms with van der Waals surface area (Å²) in [5, 5.41) is 1.40. The molecule has 3 heterocycles. The van der Waals surface area contributed by atoms with E-state index in [1.54, 1.807) is 6.33 Å². The van der Waals surface area contributed by atoms with Crippen LogP contribution in [0.5, 0.6) is 0 Å². The molecule has 0 bridgehead atoms. The quantitative estimate of drug-likeness (QED) is 0.544. The standard InChI is InChI=1S/C13H15N7S/c1-2-9(14)3-8-4-15-13(16-5-8)21-12-10-11(18-6-17-10)19-7-20-12/h4-7,9H,2-3,14H2,1H3,(H,17,18,19,20). The molecule has 3 aromatic heterocycles. The van der Waals surface area contributed by atoms with Gasteiger partial charge in [-0.1, -0.05) is 6.92 Å². The number of nitrogens with zero attached hydrogens (tertiary/aromatic N) is 5. The Morgan fingerprint density at radius 1 is 1.19 bits per heavy atom. The number of aromatic amines is 1. The van der Waals surface area contributed by atoms with Crippen LogP contribution in [0.15, 0.2) is 35.2 Å². The van der Waals surface area contributed by atoms with Crippen molar-refractivity contribution < 1.29 is 0 Å². The zero-order chi connectivity index (χ0) is 14.7. The SMILES string of the molecule is CCC(N)Cc1cnc(Sc2ncnc3nc[nH]c23)nc1. The van der Waals surface area contributed by atoms with Crippen LogP contribution in [-0.4, -0.2) is 35.9 Å². The van der Waals surface area contributed by atoms with E-state index >= 15 is 0 Å². The highest BCUT2D eigenvalue weighted by molar-refractivity contribution is 7.99. The maximum Gasteiger partial charge on any atom is 0.193 e. The first-order valence-corrected chi connectivity index (χ1v) is 7.46. The molecule has 0 saturated carbocycles. The molecular weight excluding hydrogens is 286 g/mol. The second kappa shape index (κ2) is 6.15. The molecule has 0 aliphatic heterocycles. The fourth-order valence-electron chi connectivity index (χ4n) is 1.85. The lowest BCUT2D eigenvalue weighted by molar-refractivity contribution is 0.641. The van der Waals surface area contributed by atoms with Crippen LogP contribution in [0.25, 0.3) is 11.2 Å². The van der Waals surface area contributed by atoms with E-state index in [0.29, 0.717) is 10.8 Å². The first-order chi connectivity index (χ1) is 10.3. The number of aromatic nitrogens is 6. The Labute approximate surface area is 125 Å². The van der Waals surface area contributed by atoms with Crippen molar-refractivity contribution in [2.24, 2.45) is 5.73 Å². The lowest BCUT2D eigenvalue weighted by Crippen LogP contribution is -2.21. The summed E-state index contributed by atoms with van der Waals surface area (Å²) in [4.78, 5) is 24.2. The van der Waals surface area contributed by atoms with Gasteiger partial charge in [0.2, 0.25) is 0 Å². The smallest absolute Gasteiger partial charge is 0.193 e. The van der Waals surface area contributed by atoms with Gasteiger partial charge in [0.25, 0.3) is 0 Å². The minimum Gasteiger partial charge on any atom is -0.341 e. The average Bonchev–Trinajstić information content (AvgIpc) is 2.99. The summed E-state index contributed by atoms with van der Waals surface area (Å²) in [6, 6.07) is 0.151. The molecule has 0 aromatic carbocycles. The lowest BCUT2D eigenvalue weighted by atomic mass is 10.1. The molecule has 0 saturated heterocycles. The van der Waals surface area contributed by atoms with Crippen molar-refractivity contribution in [1.29, 1.82) is 0 Å². The van der Waals surface area contributed by atoms with Gasteiger partial charge in [-0.2, -0.15) is 0 Å². The van der Waals surface area contributed by atoms with Gasteiger partial charge in [-0.15, -0.1) is 0 Å². The summed E-state index contributed by atoms with van der Waals surface area (Å²) in [6.45, 7) is 2.07. The molecule has 0 spiro atoms. The number of rotatable bonds is 5. The Morgan fingerprint density at radius 2 is 2.00 bits per heavy atom. The molecule has 21 heavy (non-hydrogen) atoms. The highest BCUT2D eigenvalue weighted by Crippen LogP contribution is 2.26. The Bertz CT molecular complexity index is 725. The molecule has 7 nitrogen and oxygen atoms in total. The van der Waals surface area contributed by atoms with Crippen molar-refractivity contribution in [3.8, 4) is 0 Å². The molecule has 0 aliphatic carbocycles. The van der Waals surface area contributed by atoms with E-state index in [0.717, 1.165) is 28.9 Å². The van der Waals surface area contributed by atoms with Gasteiger partial charge in [0.05, 0.1) is 6.33 Å². The van der Waals surface area contributed by atoms with Gasteiger partial charge in [0.15, 0.2) is 10.8 Å². The Hall–Kier alpha value is -2.06. The molecule has 1 atom stereocenters. The molecule has 0 fully saturated rings. The number of hydrogen-bond acceptors (Lipinski definition) is 7. The number of nitrogens with one attached hydrogen (secondary N) is 1. The van der Waals surface area contributed by atoms with Crippen molar-refractivity contribution in [2.45, 2.75) is 36.0 Å². The van der Waals surface area contributed by atoms with Crippen LogP contribution in [0, 0.1) is 0 Å². The highest BCUT2D eigenvalue weighted by Gasteiger charge is 2.10. The number of hydrogen-bond donors (Lipinski definition) is 2. The van der Waals surface area contributed by atoms with Gasteiger partial charge in [-0.05, 0) is 30.2 Å². The molecule has 0 radical (unpaired) electrons. The van der Waals surface area contributed by atoms with E-state index in [1.807, 2.05) is 12.4 Å². The normalized spacial score (nSPS) is 12.7. The summed E-state index contributed by atoms with van der Waals surface area (Å²) in [6.07, 6.45) is 8.45. The largest absolute Gasteiger partial charge is 0.341 e. The summed E-state index contributed by atoms with van der Waals surface area (Å²) in [7, 11) is 0. The Morgan fingerprint density at radius 3 is 2.76 bits per heavy atom. The van der Waals surface area contributed by atoms with Crippen LogP contribution in [0.4, 0.5) is 0 Å². The number of nitrogens with two attached hydrogens (primary N) is 1. The lowest BCUT2D eigenvalue weighted by Gasteiger charge is -2.07. The predicted molar refractivity (Wildman–Crippen MR) is 79.8 cm³/mol.